The van der Waals surface area contributed by atoms with Gasteiger partial charge in [-0.3, -0.25) is 0 Å². The maximum absolute atomic E-state index is 5.98. The normalized spacial score (nSPS) is 12.3. The number of ether oxygens (including phenoxy) is 1. The van der Waals surface area contributed by atoms with Gasteiger partial charge >= 0.3 is 0 Å². The number of nitrogens with one attached hydrogen (secondary N) is 2. The topological polar surface area (TPSA) is 49.9 Å². The molecule has 1 heterocycles. The number of hydrogen-bond acceptors (Lipinski definition) is 3. The van der Waals surface area contributed by atoms with Crippen molar-refractivity contribution in [3.05, 3.63) is 48.0 Å². The molecule has 1 aromatic carbocycles. The van der Waals surface area contributed by atoms with Crippen LogP contribution in [-0.4, -0.2) is 29.0 Å². The summed E-state index contributed by atoms with van der Waals surface area (Å²) >= 11 is 5.98. The summed E-state index contributed by atoms with van der Waals surface area (Å²) in [5, 5.41) is 3.44. The molecule has 0 saturated carbocycles. The molecule has 2 aromatic rings. The average molecular weight is 280 g/mol. The number of halogens is 1. The number of nitrogens with zero attached hydrogens (tertiary/aromatic N) is 1. The number of hydrogen-bond donors (Lipinski definition) is 2. The van der Waals surface area contributed by atoms with Gasteiger partial charge in [-0.2, -0.15) is 0 Å². The van der Waals surface area contributed by atoms with Crippen molar-refractivity contribution >= 4 is 11.6 Å². The van der Waals surface area contributed by atoms with Crippen molar-refractivity contribution < 1.29 is 4.74 Å². The molecule has 4 nitrogen and oxygen atoms in total. The van der Waals surface area contributed by atoms with Crippen LogP contribution in [0.4, 0.5) is 0 Å². The smallest absolute Gasteiger partial charge is 0.118 e. The van der Waals surface area contributed by atoms with Crippen LogP contribution in [-0.2, 0) is 13.0 Å². The number of alkyl halides is 1. The van der Waals surface area contributed by atoms with E-state index in [0.29, 0.717) is 5.88 Å². The second kappa shape index (κ2) is 7.16. The second-order valence-corrected chi connectivity index (χ2v) is 4.67. The third-order valence-electron chi connectivity index (χ3n) is 2.96. The summed E-state index contributed by atoms with van der Waals surface area (Å²) in [7, 11) is 1.67. The number of H-pyrrole nitrogens is 1. The predicted molar refractivity (Wildman–Crippen MR) is 76.6 cm³/mol. The quantitative estimate of drug-likeness (QED) is 0.765. The maximum Gasteiger partial charge on any atom is 0.118 e. The Morgan fingerprint density at radius 3 is 2.74 bits per heavy atom. The van der Waals surface area contributed by atoms with Crippen LogP contribution in [0.5, 0.6) is 5.75 Å². The van der Waals surface area contributed by atoms with Crippen molar-refractivity contribution in [3.63, 3.8) is 0 Å². The molecule has 19 heavy (non-hydrogen) atoms. The molecule has 0 aliphatic rings. The zero-order valence-corrected chi connectivity index (χ0v) is 11.7. The fourth-order valence-electron chi connectivity index (χ4n) is 1.85. The molecule has 0 saturated heterocycles. The van der Waals surface area contributed by atoms with Crippen LogP contribution in [0.15, 0.2) is 36.8 Å². The molecule has 1 unspecified atom stereocenters. The molecule has 5 heteroatoms. The van der Waals surface area contributed by atoms with Crippen LogP contribution in [0.2, 0.25) is 0 Å². The third-order valence-corrected chi connectivity index (χ3v) is 3.33. The van der Waals surface area contributed by atoms with E-state index < -0.39 is 0 Å². The molecule has 102 valence electrons. The van der Waals surface area contributed by atoms with Crippen molar-refractivity contribution in [1.29, 1.82) is 0 Å². The van der Waals surface area contributed by atoms with E-state index in [2.05, 4.69) is 15.3 Å². The van der Waals surface area contributed by atoms with Crippen LogP contribution < -0.4 is 10.1 Å². The fourth-order valence-corrected chi connectivity index (χ4v) is 2.07. The summed E-state index contributed by atoms with van der Waals surface area (Å²) in [4.78, 5) is 7.10. The molecule has 1 atom stereocenters. The second-order valence-electron chi connectivity index (χ2n) is 4.36. The first kappa shape index (κ1) is 13.9. The van der Waals surface area contributed by atoms with Crippen molar-refractivity contribution in [2.45, 2.75) is 19.0 Å². The van der Waals surface area contributed by atoms with Gasteiger partial charge in [0, 0.05) is 36.8 Å². The van der Waals surface area contributed by atoms with Crippen molar-refractivity contribution in [2.75, 3.05) is 13.0 Å². The first-order chi connectivity index (χ1) is 9.31. The average Bonchev–Trinajstić information content (AvgIpc) is 2.97. The Kier molecular flexibility index (Phi) is 5.24. The van der Waals surface area contributed by atoms with Crippen LogP contribution in [0.25, 0.3) is 0 Å². The number of benzene rings is 1. The lowest BCUT2D eigenvalue weighted by Gasteiger charge is -2.15. The monoisotopic (exact) mass is 279 g/mol. The molecule has 1 aromatic heterocycles. The van der Waals surface area contributed by atoms with Gasteiger partial charge in [-0.25, -0.2) is 4.98 Å². The first-order valence-electron chi connectivity index (χ1n) is 6.21. The summed E-state index contributed by atoms with van der Waals surface area (Å²) in [5.41, 5.74) is 2.30. The highest BCUT2D eigenvalue weighted by Gasteiger charge is 2.08. The predicted octanol–water partition coefficient (Wildman–Crippen LogP) is 2.36. The third kappa shape index (κ3) is 4.26. The zero-order chi connectivity index (χ0) is 13.5. The van der Waals surface area contributed by atoms with Gasteiger partial charge in [-0.15, -0.1) is 11.6 Å². The summed E-state index contributed by atoms with van der Waals surface area (Å²) in [6.45, 7) is 0.787. The molecular formula is C14H18ClN3O. The van der Waals surface area contributed by atoms with E-state index in [9.17, 15) is 0 Å². The molecule has 0 radical (unpaired) electrons. The molecule has 0 fully saturated rings. The Bertz CT molecular complexity index is 470. The molecule has 0 spiro atoms. The molecule has 0 aliphatic carbocycles. The van der Waals surface area contributed by atoms with E-state index in [1.54, 1.807) is 13.4 Å². The van der Waals surface area contributed by atoms with E-state index >= 15 is 0 Å². The van der Waals surface area contributed by atoms with Crippen LogP contribution in [0, 0.1) is 0 Å². The lowest BCUT2D eigenvalue weighted by Crippen LogP contribution is -2.32. The Labute approximate surface area is 118 Å². The highest BCUT2D eigenvalue weighted by Crippen LogP contribution is 2.11. The van der Waals surface area contributed by atoms with E-state index in [4.69, 9.17) is 16.3 Å². The van der Waals surface area contributed by atoms with Gasteiger partial charge in [0.2, 0.25) is 0 Å². The Morgan fingerprint density at radius 1 is 1.37 bits per heavy atom. The molecule has 0 amide bonds. The minimum atomic E-state index is 0.226. The van der Waals surface area contributed by atoms with E-state index in [-0.39, 0.29) is 6.04 Å². The number of rotatable bonds is 7. The van der Waals surface area contributed by atoms with Gasteiger partial charge in [0.25, 0.3) is 0 Å². The van der Waals surface area contributed by atoms with Crippen LogP contribution in [0.1, 0.15) is 11.3 Å². The van der Waals surface area contributed by atoms with Gasteiger partial charge in [-0.1, -0.05) is 12.1 Å². The van der Waals surface area contributed by atoms with Gasteiger partial charge < -0.3 is 15.0 Å². The van der Waals surface area contributed by atoms with Crippen molar-refractivity contribution in [2.24, 2.45) is 0 Å². The minimum Gasteiger partial charge on any atom is -0.497 e. The fraction of sp³-hybridized carbons (Fsp3) is 0.357. The Morgan fingerprint density at radius 2 is 2.16 bits per heavy atom. The molecular weight excluding hydrogens is 262 g/mol. The molecule has 0 bridgehead atoms. The summed E-state index contributed by atoms with van der Waals surface area (Å²) < 4.78 is 5.13. The largest absolute Gasteiger partial charge is 0.497 e. The lowest BCUT2D eigenvalue weighted by molar-refractivity contribution is 0.414. The van der Waals surface area contributed by atoms with E-state index in [1.807, 2.05) is 30.5 Å². The number of imidazole rings is 1. The number of aromatic amines is 1. The van der Waals surface area contributed by atoms with Gasteiger partial charge in [-0.05, 0) is 17.7 Å². The molecule has 2 N–H and O–H groups in total. The maximum atomic E-state index is 5.98. The van der Waals surface area contributed by atoms with Crippen LogP contribution >= 0.6 is 11.6 Å². The SMILES string of the molecule is COc1ccc(CNC(CCl)Cc2cnc[nH]2)cc1. The van der Waals surface area contributed by atoms with Gasteiger partial charge in [0.15, 0.2) is 0 Å². The Balaban J connectivity index is 1.84. The summed E-state index contributed by atoms with van der Waals surface area (Å²) in [6, 6.07) is 8.24. The zero-order valence-electron chi connectivity index (χ0n) is 10.9. The number of aromatic nitrogens is 2. The molecule has 0 aliphatic heterocycles. The molecule has 2 rings (SSSR count). The summed E-state index contributed by atoms with van der Waals surface area (Å²) in [5.74, 6) is 1.44. The van der Waals surface area contributed by atoms with Crippen molar-refractivity contribution in [1.82, 2.24) is 15.3 Å². The minimum absolute atomic E-state index is 0.226. The summed E-state index contributed by atoms with van der Waals surface area (Å²) in [6.07, 6.45) is 4.36. The van der Waals surface area contributed by atoms with E-state index in [0.717, 1.165) is 24.4 Å². The van der Waals surface area contributed by atoms with Gasteiger partial charge in [0.1, 0.15) is 5.75 Å². The van der Waals surface area contributed by atoms with E-state index in [1.165, 1.54) is 5.56 Å². The highest BCUT2D eigenvalue weighted by molar-refractivity contribution is 6.18. The lowest BCUT2D eigenvalue weighted by atomic mass is 10.1. The Hall–Kier alpha value is -1.52. The number of methoxy groups -OCH3 is 1. The highest BCUT2D eigenvalue weighted by atomic mass is 35.5. The van der Waals surface area contributed by atoms with Gasteiger partial charge in [0.05, 0.1) is 13.4 Å². The van der Waals surface area contributed by atoms with Crippen molar-refractivity contribution in [3.8, 4) is 5.75 Å². The van der Waals surface area contributed by atoms with Crippen LogP contribution in [0.3, 0.4) is 0 Å². The first-order valence-corrected chi connectivity index (χ1v) is 6.75. The standard InChI is InChI=1S/C14H18ClN3O/c1-19-14-4-2-11(3-5-14)8-17-12(7-15)6-13-9-16-10-18-13/h2-5,9-10,12,17H,6-8H2,1H3,(H,16,18).